The van der Waals surface area contributed by atoms with Crippen LogP contribution in [0.5, 0.6) is 0 Å². The molecule has 0 aliphatic carbocycles. The number of aromatic nitrogens is 1. The third kappa shape index (κ3) is 5.15. The first kappa shape index (κ1) is 23.4. The maximum absolute atomic E-state index is 13.0. The summed E-state index contributed by atoms with van der Waals surface area (Å²) in [5.74, 6) is -0.510. The molecule has 0 spiro atoms. The second kappa shape index (κ2) is 9.47. The lowest BCUT2D eigenvalue weighted by Gasteiger charge is -2.19. The van der Waals surface area contributed by atoms with Gasteiger partial charge in [-0.05, 0) is 55.2 Å². The Bertz CT molecular complexity index is 1280. The number of fused-ring (bicyclic) bond motifs is 1. The van der Waals surface area contributed by atoms with Gasteiger partial charge < -0.3 is 9.73 Å². The Balaban J connectivity index is 1.87. The van der Waals surface area contributed by atoms with Crippen molar-refractivity contribution in [3.8, 4) is 0 Å². The van der Waals surface area contributed by atoms with Crippen LogP contribution < -0.4 is 15.8 Å². The lowest BCUT2D eigenvalue weighted by molar-refractivity contribution is -0.117. The number of anilines is 1. The minimum Gasteiger partial charge on any atom is -0.408 e. The van der Waals surface area contributed by atoms with Gasteiger partial charge in [0, 0.05) is 23.8 Å². The maximum atomic E-state index is 13.0. The molecule has 1 amide bonds. The minimum absolute atomic E-state index is 0.102. The van der Waals surface area contributed by atoms with Gasteiger partial charge in [-0.1, -0.05) is 17.7 Å². The summed E-state index contributed by atoms with van der Waals surface area (Å²) in [4.78, 5) is 24.5. The molecule has 1 aromatic heterocycles. The zero-order chi connectivity index (χ0) is 22.8. The van der Waals surface area contributed by atoms with E-state index >= 15 is 0 Å². The highest BCUT2D eigenvalue weighted by Gasteiger charge is 2.26. The van der Waals surface area contributed by atoms with E-state index in [1.54, 1.807) is 25.1 Å². The van der Waals surface area contributed by atoms with Crippen LogP contribution in [-0.4, -0.2) is 36.9 Å². The van der Waals surface area contributed by atoms with Crippen molar-refractivity contribution in [2.24, 2.45) is 7.05 Å². The summed E-state index contributed by atoms with van der Waals surface area (Å²) in [6.07, 6.45) is 2.16. The number of nitrogens with zero attached hydrogens (tertiary/aromatic N) is 1. The third-order valence-electron chi connectivity index (χ3n) is 4.82. The molecule has 2 aromatic carbocycles. The highest BCUT2D eigenvalue weighted by molar-refractivity contribution is 7.98. The van der Waals surface area contributed by atoms with Gasteiger partial charge in [0.25, 0.3) is 0 Å². The monoisotopic (exact) mass is 483 g/mol. The van der Waals surface area contributed by atoms with Crippen LogP contribution in [0.1, 0.15) is 12.0 Å². The Morgan fingerprint density at radius 2 is 2.03 bits per heavy atom. The number of sulfonamides is 1. The minimum atomic E-state index is -4.06. The molecule has 166 valence electrons. The van der Waals surface area contributed by atoms with E-state index < -0.39 is 27.7 Å². The number of benzene rings is 2. The predicted octanol–water partition coefficient (Wildman–Crippen LogP) is 3.13. The van der Waals surface area contributed by atoms with Crippen molar-refractivity contribution in [3.05, 3.63) is 57.5 Å². The third-order valence-corrected chi connectivity index (χ3v) is 7.35. The number of hydrogen-bond donors (Lipinski definition) is 2. The van der Waals surface area contributed by atoms with Crippen LogP contribution in [0.15, 0.2) is 50.5 Å². The van der Waals surface area contributed by atoms with Gasteiger partial charge in [0.15, 0.2) is 5.58 Å². The average Bonchev–Trinajstić information content (AvgIpc) is 3.01. The number of carbonyl (C=O) groups excluding carboxylic acids is 1. The molecule has 0 saturated carbocycles. The molecule has 3 rings (SSSR count). The maximum Gasteiger partial charge on any atom is 0.419 e. The summed E-state index contributed by atoms with van der Waals surface area (Å²) >= 11 is 7.61. The number of carbonyl (C=O) groups is 1. The molecule has 0 bridgehead atoms. The molecule has 0 radical (unpaired) electrons. The Morgan fingerprint density at radius 3 is 2.74 bits per heavy atom. The fourth-order valence-electron chi connectivity index (χ4n) is 2.98. The van der Waals surface area contributed by atoms with Gasteiger partial charge in [0.2, 0.25) is 15.9 Å². The second-order valence-electron chi connectivity index (χ2n) is 6.91. The van der Waals surface area contributed by atoms with Crippen molar-refractivity contribution in [1.29, 1.82) is 0 Å². The van der Waals surface area contributed by atoms with E-state index in [4.69, 9.17) is 16.0 Å². The molecular weight excluding hydrogens is 462 g/mol. The summed E-state index contributed by atoms with van der Waals surface area (Å²) in [6.45, 7) is 1.77. The molecule has 8 nitrogen and oxygen atoms in total. The van der Waals surface area contributed by atoms with E-state index in [9.17, 15) is 18.0 Å². The largest absolute Gasteiger partial charge is 0.419 e. The average molecular weight is 484 g/mol. The fourth-order valence-corrected chi connectivity index (χ4v) is 4.87. The van der Waals surface area contributed by atoms with Crippen molar-refractivity contribution in [3.63, 3.8) is 0 Å². The van der Waals surface area contributed by atoms with Crippen molar-refractivity contribution >= 4 is 56.1 Å². The second-order valence-corrected chi connectivity index (χ2v) is 10.0. The van der Waals surface area contributed by atoms with Crippen molar-refractivity contribution < 1.29 is 17.6 Å². The smallest absolute Gasteiger partial charge is 0.408 e. The number of oxazole rings is 1. The number of halogens is 1. The first-order valence-corrected chi connectivity index (χ1v) is 12.6. The quantitative estimate of drug-likeness (QED) is 0.509. The van der Waals surface area contributed by atoms with Crippen LogP contribution in [0, 0.1) is 6.92 Å². The highest BCUT2D eigenvalue weighted by Crippen LogP contribution is 2.24. The predicted molar refractivity (Wildman–Crippen MR) is 123 cm³/mol. The van der Waals surface area contributed by atoms with E-state index in [2.05, 4.69) is 10.0 Å². The molecule has 1 heterocycles. The van der Waals surface area contributed by atoms with Gasteiger partial charge in [-0.25, -0.2) is 13.2 Å². The summed E-state index contributed by atoms with van der Waals surface area (Å²) in [7, 11) is -2.53. The molecule has 0 aliphatic heterocycles. The zero-order valence-electron chi connectivity index (χ0n) is 17.1. The number of hydrogen-bond acceptors (Lipinski definition) is 6. The summed E-state index contributed by atoms with van der Waals surface area (Å²) < 4.78 is 34.8. The fraction of sp³-hybridized carbons (Fsp3) is 0.300. The lowest BCUT2D eigenvalue weighted by atomic mass is 10.1. The van der Waals surface area contributed by atoms with Gasteiger partial charge in [0.1, 0.15) is 6.04 Å². The van der Waals surface area contributed by atoms with Crippen LogP contribution in [0.3, 0.4) is 0 Å². The van der Waals surface area contributed by atoms with E-state index in [1.165, 1.54) is 41.6 Å². The first-order valence-electron chi connectivity index (χ1n) is 9.31. The van der Waals surface area contributed by atoms with Gasteiger partial charge in [-0.3, -0.25) is 9.36 Å². The summed E-state index contributed by atoms with van der Waals surface area (Å²) in [5.41, 5.74) is 1.82. The van der Waals surface area contributed by atoms with E-state index in [-0.39, 0.29) is 16.9 Å². The number of thioether (sulfide) groups is 1. The molecule has 3 aromatic rings. The van der Waals surface area contributed by atoms with Crippen LogP contribution in [0.25, 0.3) is 11.1 Å². The summed E-state index contributed by atoms with van der Waals surface area (Å²) in [5, 5.41) is 3.25. The van der Waals surface area contributed by atoms with E-state index in [0.717, 1.165) is 0 Å². The van der Waals surface area contributed by atoms with Crippen molar-refractivity contribution in [2.45, 2.75) is 24.3 Å². The SMILES string of the molecule is CSCC[C@@H](NS(=O)(=O)c1ccc2c(c1)oc(=O)n2C)C(=O)Nc1cccc(Cl)c1C. The number of nitrogens with one attached hydrogen (secondary N) is 2. The molecule has 11 heteroatoms. The molecule has 0 unspecified atom stereocenters. The number of aryl methyl sites for hydroxylation is 1. The Labute approximate surface area is 189 Å². The van der Waals surface area contributed by atoms with Gasteiger partial charge in [-0.15, -0.1) is 0 Å². The summed E-state index contributed by atoms with van der Waals surface area (Å²) in [6, 6.07) is 8.22. The van der Waals surface area contributed by atoms with Gasteiger partial charge in [-0.2, -0.15) is 16.5 Å². The van der Waals surface area contributed by atoms with Crippen molar-refractivity contribution in [1.82, 2.24) is 9.29 Å². The highest BCUT2D eigenvalue weighted by atomic mass is 35.5. The zero-order valence-corrected chi connectivity index (χ0v) is 19.5. The van der Waals surface area contributed by atoms with Crippen LogP contribution in [-0.2, 0) is 21.9 Å². The Morgan fingerprint density at radius 1 is 1.29 bits per heavy atom. The van der Waals surface area contributed by atoms with Crippen LogP contribution in [0.2, 0.25) is 5.02 Å². The van der Waals surface area contributed by atoms with E-state index in [1.807, 2.05) is 6.26 Å². The Hall–Kier alpha value is -2.27. The van der Waals surface area contributed by atoms with E-state index in [0.29, 0.717) is 27.5 Å². The van der Waals surface area contributed by atoms with Gasteiger partial charge >= 0.3 is 5.76 Å². The number of rotatable bonds is 8. The molecule has 1 atom stereocenters. The normalized spacial score (nSPS) is 12.8. The standard InChI is InChI=1S/C20H22ClN3O5S2/c1-12-14(21)5-4-6-15(12)22-19(25)16(9-10-30-3)23-31(27,28)13-7-8-17-18(11-13)29-20(26)24(17)2/h4-8,11,16,23H,9-10H2,1-3H3,(H,22,25)/t16-/m1/s1. The topological polar surface area (TPSA) is 110 Å². The van der Waals surface area contributed by atoms with Gasteiger partial charge in [0.05, 0.1) is 10.4 Å². The molecular formula is C20H22ClN3O5S2. The number of amides is 1. The molecule has 0 aliphatic rings. The molecule has 31 heavy (non-hydrogen) atoms. The molecule has 0 fully saturated rings. The van der Waals surface area contributed by atoms with Crippen molar-refractivity contribution in [2.75, 3.05) is 17.3 Å². The lowest BCUT2D eigenvalue weighted by Crippen LogP contribution is -2.44. The first-order chi connectivity index (χ1) is 14.6. The molecule has 0 saturated heterocycles. The molecule has 2 N–H and O–H groups in total. The Kier molecular flexibility index (Phi) is 7.15. The van der Waals surface area contributed by atoms with Crippen LogP contribution in [0.4, 0.5) is 5.69 Å². The van der Waals surface area contributed by atoms with Crippen LogP contribution >= 0.6 is 23.4 Å².